The molecular formula is C21H23NO3. The monoisotopic (exact) mass is 337 g/mol. The molecule has 0 fully saturated rings. The number of benzene rings is 2. The first kappa shape index (κ1) is 18.6. The van der Waals surface area contributed by atoms with Gasteiger partial charge in [-0.15, -0.1) is 0 Å². The molecule has 0 N–H and O–H groups in total. The van der Waals surface area contributed by atoms with Crippen LogP contribution in [0.25, 0.3) is 0 Å². The van der Waals surface area contributed by atoms with Crippen LogP contribution in [0.2, 0.25) is 0 Å². The van der Waals surface area contributed by atoms with Crippen molar-refractivity contribution in [2.24, 2.45) is 0 Å². The molecule has 25 heavy (non-hydrogen) atoms. The fourth-order valence-corrected chi connectivity index (χ4v) is 2.57. The Hall–Kier alpha value is -2.72. The van der Waals surface area contributed by atoms with Crippen molar-refractivity contribution in [3.05, 3.63) is 83.4 Å². The Bertz CT molecular complexity index is 751. The van der Waals surface area contributed by atoms with Gasteiger partial charge >= 0.3 is 5.97 Å². The van der Waals surface area contributed by atoms with Crippen molar-refractivity contribution < 1.29 is 14.3 Å². The van der Waals surface area contributed by atoms with Crippen molar-refractivity contribution >= 4 is 11.8 Å². The van der Waals surface area contributed by atoms with E-state index in [1.54, 1.807) is 0 Å². The third-order valence-electron chi connectivity index (χ3n) is 3.77. The molecule has 0 unspecified atom stereocenters. The normalized spacial score (nSPS) is 10.5. The fraction of sp³-hybridized carbons (Fsp3) is 0.238. The smallest absolute Gasteiger partial charge is 0.330 e. The maximum Gasteiger partial charge on any atom is 0.330 e. The zero-order valence-corrected chi connectivity index (χ0v) is 14.7. The average molecular weight is 337 g/mol. The van der Waals surface area contributed by atoms with Gasteiger partial charge in [0.1, 0.15) is 0 Å². The largest absolute Gasteiger partial charge is 0.462 e. The van der Waals surface area contributed by atoms with Gasteiger partial charge in [-0.25, -0.2) is 4.79 Å². The summed E-state index contributed by atoms with van der Waals surface area (Å²) in [6.07, 6.45) is 1.70. The molecule has 0 aliphatic carbocycles. The summed E-state index contributed by atoms with van der Waals surface area (Å²) in [5.41, 5.74) is 3.42. The number of hydrogen-bond donors (Lipinski definition) is 0. The van der Waals surface area contributed by atoms with Gasteiger partial charge in [-0.3, -0.25) is 4.79 Å². The molecule has 130 valence electrons. The van der Waals surface area contributed by atoms with Crippen molar-refractivity contribution in [1.82, 2.24) is 4.90 Å². The lowest BCUT2D eigenvalue weighted by Crippen LogP contribution is -2.14. The van der Waals surface area contributed by atoms with Gasteiger partial charge in [0, 0.05) is 30.2 Å². The van der Waals surface area contributed by atoms with E-state index in [0.29, 0.717) is 17.5 Å². The van der Waals surface area contributed by atoms with Crippen molar-refractivity contribution in [1.29, 1.82) is 0 Å². The summed E-state index contributed by atoms with van der Waals surface area (Å²) >= 11 is 0. The van der Waals surface area contributed by atoms with Crippen LogP contribution in [0.3, 0.4) is 0 Å². The third-order valence-corrected chi connectivity index (χ3v) is 3.77. The van der Waals surface area contributed by atoms with E-state index in [2.05, 4.69) is 11.5 Å². The van der Waals surface area contributed by atoms with Crippen LogP contribution in [0.5, 0.6) is 0 Å². The van der Waals surface area contributed by atoms with E-state index in [1.165, 1.54) is 0 Å². The lowest BCUT2D eigenvalue weighted by Gasteiger charge is -2.15. The summed E-state index contributed by atoms with van der Waals surface area (Å²) in [6.45, 7) is 4.40. The highest BCUT2D eigenvalue weighted by molar-refractivity contribution is 6.09. The fourth-order valence-electron chi connectivity index (χ4n) is 2.57. The van der Waals surface area contributed by atoms with Gasteiger partial charge in [0.2, 0.25) is 0 Å². The van der Waals surface area contributed by atoms with Crippen molar-refractivity contribution in [3.63, 3.8) is 0 Å². The molecule has 2 aromatic carbocycles. The third kappa shape index (κ3) is 5.40. The first-order valence-corrected chi connectivity index (χ1v) is 8.16. The maximum atomic E-state index is 12.7. The van der Waals surface area contributed by atoms with Gasteiger partial charge in [0.05, 0.1) is 6.61 Å². The number of carbonyl (C=O) groups excluding carboxylic acids is 2. The van der Waals surface area contributed by atoms with Crippen LogP contribution in [-0.2, 0) is 22.5 Å². The molecule has 4 heteroatoms. The SMILES string of the molecule is C=CC(=O)OCCc1cc(C(=O)c2ccccc2)ccc1CN(C)C. The lowest BCUT2D eigenvalue weighted by atomic mass is 9.96. The summed E-state index contributed by atoms with van der Waals surface area (Å²) < 4.78 is 5.08. The Morgan fingerprint density at radius 1 is 1.04 bits per heavy atom. The van der Waals surface area contributed by atoms with Crippen LogP contribution >= 0.6 is 0 Å². The molecule has 0 saturated heterocycles. The number of ether oxygens (including phenoxy) is 1. The molecule has 0 bridgehead atoms. The summed E-state index contributed by atoms with van der Waals surface area (Å²) in [5.74, 6) is -0.452. The number of esters is 1. The predicted molar refractivity (Wildman–Crippen MR) is 98.6 cm³/mol. The summed E-state index contributed by atoms with van der Waals surface area (Å²) in [7, 11) is 3.98. The predicted octanol–water partition coefficient (Wildman–Crippen LogP) is 3.25. The van der Waals surface area contributed by atoms with Crippen molar-refractivity contribution in [3.8, 4) is 0 Å². The number of ketones is 1. The summed E-state index contributed by atoms with van der Waals surface area (Å²) in [4.78, 5) is 25.9. The Morgan fingerprint density at radius 2 is 1.76 bits per heavy atom. The van der Waals surface area contributed by atoms with Crippen LogP contribution in [0.1, 0.15) is 27.0 Å². The molecule has 0 aliphatic rings. The molecule has 0 radical (unpaired) electrons. The standard InChI is InChI=1S/C21H23NO3/c1-4-20(23)25-13-12-17-14-18(10-11-19(17)15-22(2)3)21(24)16-8-6-5-7-9-16/h4-11,14H,1,12-13,15H2,2-3H3. The molecule has 0 aliphatic heterocycles. The molecule has 0 amide bonds. The number of hydrogen-bond acceptors (Lipinski definition) is 4. The van der Waals surface area contributed by atoms with Crippen LogP contribution in [0.15, 0.2) is 61.2 Å². The highest BCUT2D eigenvalue weighted by Gasteiger charge is 2.12. The molecule has 2 aromatic rings. The quantitative estimate of drug-likeness (QED) is 0.421. The van der Waals surface area contributed by atoms with Crippen LogP contribution in [-0.4, -0.2) is 37.4 Å². The van der Waals surface area contributed by atoms with Crippen LogP contribution in [0, 0.1) is 0 Å². The molecule has 0 saturated carbocycles. The Kier molecular flexibility index (Phi) is 6.66. The van der Waals surface area contributed by atoms with Gasteiger partial charge in [-0.2, -0.15) is 0 Å². The molecule has 4 nitrogen and oxygen atoms in total. The number of nitrogens with zero attached hydrogens (tertiary/aromatic N) is 1. The molecule has 0 aromatic heterocycles. The second kappa shape index (κ2) is 8.94. The lowest BCUT2D eigenvalue weighted by molar-refractivity contribution is -0.137. The molecule has 0 spiro atoms. The average Bonchev–Trinajstić information content (AvgIpc) is 2.62. The van der Waals surface area contributed by atoms with Crippen LogP contribution < -0.4 is 0 Å². The molecular weight excluding hydrogens is 314 g/mol. The van der Waals surface area contributed by atoms with E-state index in [0.717, 1.165) is 23.7 Å². The van der Waals surface area contributed by atoms with Crippen molar-refractivity contribution in [2.45, 2.75) is 13.0 Å². The Morgan fingerprint density at radius 3 is 2.40 bits per heavy atom. The second-order valence-corrected chi connectivity index (χ2v) is 6.04. The number of carbonyl (C=O) groups is 2. The van der Waals surface area contributed by atoms with Crippen molar-refractivity contribution in [2.75, 3.05) is 20.7 Å². The van der Waals surface area contributed by atoms with E-state index in [9.17, 15) is 9.59 Å². The first-order chi connectivity index (χ1) is 12.0. The van der Waals surface area contributed by atoms with E-state index in [4.69, 9.17) is 4.74 Å². The van der Waals surface area contributed by atoms with Crippen LogP contribution in [0.4, 0.5) is 0 Å². The molecule has 2 rings (SSSR count). The number of rotatable bonds is 8. The van der Waals surface area contributed by atoms with Gasteiger partial charge in [-0.05, 0) is 31.3 Å². The van der Waals surface area contributed by atoms with E-state index < -0.39 is 5.97 Å². The van der Waals surface area contributed by atoms with Gasteiger partial charge < -0.3 is 9.64 Å². The highest BCUT2D eigenvalue weighted by atomic mass is 16.5. The minimum atomic E-state index is -0.439. The molecule has 0 heterocycles. The summed E-state index contributed by atoms with van der Waals surface area (Å²) in [5, 5.41) is 0. The minimum Gasteiger partial charge on any atom is -0.462 e. The maximum absolute atomic E-state index is 12.7. The van der Waals surface area contributed by atoms with Gasteiger partial charge in [0.25, 0.3) is 0 Å². The first-order valence-electron chi connectivity index (χ1n) is 8.16. The Balaban J connectivity index is 2.24. The van der Waals surface area contributed by atoms with Gasteiger partial charge in [0.15, 0.2) is 5.78 Å². The zero-order chi connectivity index (χ0) is 18.2. The van der Waals surface area contributed by atoms with Gasteiger partial charge in [-0.1, -0.05) is 49.0 Å². The topological polar surface area (TPSA) is 46.6 Å². The summed E-state index contributed by atoms with van der Waals surface area (Å²) in [6, 6.07) is 14.9. The minimum absolute atomic E-state index is 0.0126. The Labute approximate surface area is 148 Å². The zero-order valence-electron chi connectivity index (χ0n) is 14.7. The van der Waals surface area contributed by atoms with E-state index in [-0.39, 0.29) is 12.4 Å². The highest BCUT2D eigenvalue weighted by Crippen LogP contribution is 2.18. The molecule has 0 atom stereocenters. The van der Waals surface area contributed by atoms with E-state index in [1.807, 2.05) is 62.6 Å². The van der Waals surface area contributed by atoms with E-state index >= 15 is 0 Å². The second-order valence-electron chi connectivity index (χ2n) is 6.04.